The quantitative estimate of drug-likeness (QED) is 0.875. The first-order valence-electron chi connectivity index (χ1n) is 6.98. The molecule has 0 aromatic heterocycles. The molecule has 0 bridgehead atoms. The van der Waals surface area contributed by atoms with Gasteiger partial charge in [0.15, 0.2) is 0 Å². The topological polar surface area (TPSA) is 86.7 Å². The number of carbonyl (C=O) groups excluding carboxylic acids is 2. The van der Waals surface area contributed by atoms with E-state index in [1.807, 2.05) is 0 Å². The maximum atomic E-state index is 12.2. The van der Waals surface area contributed by atoms with Gasteiger partial charge in [-0.2, -0.15) is 0 Å². The third-order valence-corrected chi connectivity index (χ3v) is 3.92. The minimum absolute atomic E-state index is 0.0545. The summed E-state index contributed by atoms with van der Waals surface area (Å²) in [6.07, 6.45) is 2.34. The molecule has 2 fully saturated rings. The predicted molar refractivity (Wildman–Crippen MR) is 74.9 cm³/mol. The average molecular weight is 288 g/mol. The van der Waals surface area contributed by atoms with Gasteiger partial charge in [-0.3, -0.25) is 9.59 Å². The van der Waals surface area contributed by atoms with E-state index < -0.39 is 5.97 Å². The highest BCUT2D eigenvalue weighted by molar-refractivity contribution is 5.97. The van der Waals surface area contributed by atoms with E-state index in [9.17, 15) is 14.4 Å². The van der Waals surface area contributed by atoms with Crippen molar-refractivity contribution >= 4 is 23.5 Å². The Morgan fingerprint density at radius 3 is 2.43 bits per heavy atom. The smallest absolute Gasteiger partial charge is 0.335 e. The van der Waals surface area contributed by atoms with E-state index in [2.05, 4.69) is 5.32 Å². The number of benzene rings is 1. The summed E-state index contributed by atoms with van der Waals surface area (Å²) < 4.78 is 0. The van der Waals surface area contributed by atoms with E-state index >= 15 is 0 Å². The summed E-state index contributed by atoms with van der Waals surface area (Å²) in [5.41, 5.74) is 0.714. The molecule has 3 rings (SSSR count). The van der Waals surface area contributed by atoms with E-state index in [1.54, 1.807) is 17.0 Å². The average Bonchev–Trinajstić information content (AvgIpc) is 3.22. The third kappa shape index (κ3) is 2.89. The number of likely N-dealkylation sites (tertiary alicyclic amines) is 1. The van der Waals surface area contributed by atoms with Crippen molar-refractivity contribution in [2.75, 3.05) is 11.9 Å². The summed E-state index contributed by atoms with van der Waals surface area (Å²) in [5, 5.41) is 11.6. The molecule has 2 amide bonds. The highest BCUT2D eigenvalue weighted by Gasteiger charge is 2.41. The fourth-order valence-corrected chi connectivity index (χ4v) is 2.59. The Labute approximate surface area is 121 Å². The molecule has 1 atom stereocenters. The SMILES string of the molecule is O=C(O)c1ccc(NC(=O)C2CC(=O)N(C3CC3)C2)cc1. The van der Waals surface area contributed by atoms with Crippen LogP contribution in [0.3, 0.4) is 0 Å². The maximum absolute atomic E-state index is 12.2. The fourth-order valence-electron chi connectivity index (χ4n) is 2.59. The zero-order valence-electron chi connectivity index (χ0n) is 11.4. The molecule has 21 heavy (non-hydrogen) atoms. The molecule has 0 radical (unpaired) electrons. The zero-order valence-corrected chi connectivity index (χ0v) is 11.4. The Balaban J connectivity index is 1.61. The standard InChI is InChI=1S/C15H16N2O4/c18-13-7-10(8-17(13)12-5-6-12)14(19)16-11-3-1-9(2-4-11)15(20)21/h1-4,10,12H,5-8H2,(H,16,19)(H,20,21). The van der Waals surface area contributed by atoms with Crippen molar-refractivity contribution in [3.8, 4) is 0 Å². The van der Waals surface area contributed by atoms with Crippen LogP contribution in [0.15, 0.2) is 24.3 Å². The van der Waals surface area contributed by atoms with E-state index in [-0.39, 0.29) is 29.7 Å². The number of carboxylic acid groups (broad SMARTS) is 1. The molecule has 6 heteroatoms. The van der Waals surface area contributed by atoms with Crippen molar-refractivity contribution in [2.24, 2.45) is 5.92 Å². The molecule has 2 aliphatic rings. The van der Waals surface area contributed by atoms with E-state index in [4.69, 9.17) is 5.11 Å². The molecule has 1 saturated heterocycles. The molecular formula is C15H16N2O4. The molecule has 1 aliphatic carbocycles. The zero-order chi connectivity index (χ0) is 15.0. The Kier molecular flexibility index (Phi) is 3.37. The summed E-state index contributed by atoms with van der Waals surface area (Å²) in [7, 11) is 0. The number of anilines is 1. The highest BCUT2D eigenvalue weighted by atomic mass is 16.4. The maximum Gasteiger partial charge on any atom is 0.335 e. The summed E-state index contributed by atoms with van der Waals surface area (Å²) >= 11 is 0. The lowest BCUT2D eigenvalue weighted by atomic mass is 10.1. The van der Waals surface area contributed by atoms with Gasteiger partial charge in [0.1, 0.15) is 0 Å². The number of aromatic carboxylic acids is 1. The van der Waals surface area contributed by atoms with Crippen LogP contribution in [0.4, 0.5) is 5.69 Å². The van der Waals surface area contributed by atoms with Crippen LogP contribution in [0, 0.1) is 5.92 Å². The van der Waals surface area contributed by atoms with Crippen molar-refractivity contribution in [3.63, 3.8) is 0 Å². The summed E-state index contributed by atoms with van der Waals surface area (Å²) in [4.78, 5) is 36.5. The van der Waals surface area contributed by atoms with Crippen molar-refractivity contribution in [1.29, 1.82) is 0 Å². The number of carboxylic acids is 1. The first-order chi connectivity index (χ1) is 10.0. The first-order valence-corrected chi connectivity index (χ1v) is 6.98. The summed E-state index contributed by atoms with van der Waals surface area (Å²) in [6, 6.07) is 6.32. The van der Waals surface area contributed by atoms with Gasteiger partial charge in [-0.25, -0.2) is 4.79 Å². The van der Waals surface area contributed by atoms with Crippen molar-refractivity contribution in [3.05, 3.63) is 29.8 Å². The van der Waals surface area contributed by atoms with Gasteiger partial charge in [-0.15, -0.1) is 0 Å². The Hall–Kier alpha value is -2.37. The Morgan fingerprint density at radius 2 is 1.86 bits per heavy atom. The van der Waals surface area contributed by atoms with Crippen LogP contribution >= 0.6 is 0 Å². The van der Waals surface area contributed by atoms with Gasteiger partial charge >= 0.3 is 5.97 Å². The lowest BCUT2D eigenvalue weighted by Crippen LogP contribution is -2.29. The van der Waals surface area contributed by atoms with Crippen LogP contribution in [0.5, 0.6) is 0 Å². The summed E-state index contributed by atoms with van der Waals surface area (Å²) in [6.45, 7) is 0.489. The number of nitrogens with zero attached hydrogens (tertiary/aromatic N) is 1. The largest absolute Gasteiger partial charge is 0.478 e. The van der Waals surface area contributed by atoms with Gasteiger partial charge in [-0.05, 0) is 37.1 Å². The van der Waals surface area contributed by atoms with Gasteiger partial charge < -0.3 is 15.3 Å². The number of hydrogen-bond acceptors (Lipinski definition) is 3. The van der Waals surface area contributed by atoms with Gasteiger partial charge in [0.2, 0.25) is 11.8 Å². The summed E-state index contributed by atoms with van der Waals surface area (Å²) in [5.74, 6) is -1.46. The molecular weight excluding hydrogens is 272 g/mol. The molecule has 1 heterocycles. The molecule has 1 saturated carbocycles. The minimum Gasteiger partial charge on any atom is -0.478 e. The fraction of sp³-hybridized carbons (Fsp3) is 0.400. The number of rotatable bonds is 4. The second-order valence-corrected chi connectivity index (χ2v) is 5.55. The number of hydrogen-bond donors (Lipinski definition) is 2. The molecule has 6 nitrogen and oxygen atoms in total. The first kappa shape index (κ1) is 13.6. The van der Waals surface area contributed by atoms with Gasteiger partial charge in [0.25, 0.3) is 0 Å². The number of nitrogens with one attached hydrogen (secondary N) is 1. The highest BCUT2D eigenvalue weighted by Crippen LogP contribution is 2.32. The molecule has 2 N–H and O–H groups in total. The second-order valence-electron chi connectivity index (χ2n) is 5.55. The predicted octanol–water partition coefficient (Wildman–Crippen LogP) is 1.33. The van der Waals surface area contributed by atoms with Gasteiger partial charge in [0.05, 0.1) is 11.5 Å². The number of carbonyl (C=O) groups is 3. The second kappa shape index (κ2) is 5.20. The van der Waals surface area contributed by atoms with Crippen LogP contribution in [0.25, 0.3) is 0 Å². The third-order valence-electron chi connectivity index (χ3n) is 3.92. The lowest BCUT2D eigenvalue weighted by Gasteiger charge is -2.15. The normalized spacial score (nSPS) is 21.4. The lowest BCUT2D eigenvalue weighted by molar-refractivity contribution is -0.128. The van der Waals surface area contributed by atoms with E-state index in [0.717, 1.165) is 12.8 Å². The van der Waals surface area contributed by atoms with Crippen LogP contribution in [0.2, 0.25) is 0 Å². The Morgan fingerprint density at radius 1 is 1.19 bits per heavy atom. The van der Waals surface area contributed by atoms with Crippen molar-refractivity contribution in [1.82, 2.24) is 4.90 Å². The number of amides is 2. The molecule has 0 spiro atoms. The molecule has 110 valence electrons. The van der Waals surface area contributed by atoms with E-state index in [1.165, 1.54) is 12.1 Å². The molecule has 1 unspecified atom stereocenters. The van der Waals surface area contributed by atoms with Gasteiger partial charge in [-0.1, -0.05) is 0 Å². The van der Waals surface area contributed by atoms with Crippen molar-refractivity contribution in [2.45, 2.75) is 25.3 Å². The monoisotopic (exact) mass is 288 g/mol. The van der Waals surface area contributed by atoms with Crippen LogP contribution in [-0.2, 0) is 9.59 Å². The molecule has 1 aromatic carbocycles. The minimum atomic E-state index is -1.01. The Bertz CT molecular complexity index is 592. The van der Waals surface area contributed by atoms with Crippen LogP contribution in [0.1, 0.15) is 29.6 Å². The molecule has 1 aromatic rings. The van der Waals surface area contributed by atoms with Crippen molar-refractivity contribution < 1.29 is 19.5 Å². The van der Waals surface area contributed by atoms with Crippen LogP contribution < -0.4 is 5.32 Å². The molecule has 1 aliphatic heterocycles. The van der Waals surface area contributed by atoms with Gasteiger partial charge in [0, 0.05) is 24.7 Å². The van der Waals surface area contributed by atoms with Crippen LogP contribution in [-0.4, -0.2) is 40.4 Å². The van der Waals surface area contributed by atoms with E-state index in [0.29, 0.717) is 18.3 Å².